The molecule has 0 saturated heterocycles. The van der Waals surface area contributed by atoms with Crippen molar-refractivity contribution in [3.8, 4) is 0 Å². The minimum Gasteiger partial charge on any atom is -0.368 e. The molecule has 2 rings (SSSR count). The Bertz CT molecular complexity index is 467. The van der Waals surface area contributed by atoms with Gasteiger partial charge in [-0.15, -0.1) is 0 Å². The minimum absolute atomic E-state index is 0.0705. The van der Waals surface area contributed by atoms with Crippen molar-refractivity contribution in [3.05, 3.63) is 33.7 Å². The topological polar surface area (TPSA) is 79.2 Å². The number of nitrogens with one attached hydrogen (secondary N) is 1. The van der Waals surface area contributed by atoms with Crippen LogP contribution in [0.15, 0.2) is 17.1 Å². The second kappa shape index (κ2) is 4.09. The number of nitrogens with zero attached hydrogens (tertiary/aromatic N) is 1. The highest BCUT2D eigenvalue weighted by molar-refractivity contribution is 5.79. The van der Waals surface area contributed by atoms with E-state index in [1.54, 1.807) is 13.1 Å². The molecule has 16 heavy (non-hydrogen) atoms. The summed E-state index contributed by atoms with van der Waals surface area (Å²) in [5.74, 6) is -0.351. The van der Waals surface area contributed by atoms with Crippen molar-refractivity contribution in [2.75, 3.05) is 6.54 Å². The highest BCUT2D eigenvalue weighted by atomic mass is 16.1. The van der Waals surface area contributed by atoms with Gasteiger partial charge in [-0.25, -0.2) is 0 Å². The lowest BCUT2D eigenvalue weighted by molar-refractivity contribution is -0.123. The van der Waals surface area contributed by atoms with Crippen LogP contribution in [0.25, 0.3) is 0 Å². The Balaban J connectivity index is 2.27. The van der Waals surface area contributed by atoms with Gasteiger partial charge in [0.05, 0.1) is 6.04 Å². The van der Waals surface area contributed by atoms with E-state index in [9.17, 15) is 9.59 Å². The van der Waals surface area contributed by atoms with Crippen molar-refractivity contribution >= 4 is 5.91 Å². The summed E-state index contributed by atoms with van der Waals surface area (Å²) in [4.78, 5) is 27.3. The zero-order chi connectivity index (χ0) is 11.7. The summed E-state index contributed by atoms with van der Waals surface area (Å²) in [6.45, 7) is 3.03. The first-order valence-electron chi connectivity index (χ1n) is 5.32. The number of rotatable bonds is 2. The second-order valence-corrected chi connectivity index (χ2v) is 4.11. The Kier molecular flexibility index (Phi) is 2.78. The van der Waals surface area contributed by atoms with E-state index in [1.165, 1.54) is 0 Å². The molecule has 0 aromatic carbocycles. The molecule has 1 atom stereocenters. The fourth-order valence-corrected chi connectivity index (χ4v) is 2.02. The third-order valence-electron chi connectivity index (χ3n) is 3.15. The van der Waals surface area contributed by atoms with E-state index >= 15 is 0 Å². The molecule has 0 saturated carbocycles. The number of fused-ring (bicyclic) bond motifs is 1. The predicted octanol–water partition coefficient (Wildman–Crippen LogP) is -0.393. The van der Waals surface area contributed by atoms with Gasteiger partial charge in [-0.1, -0.05) is 0 Å². The number of nitrogens with two attached hydrogens (primary N) is 1. The molecular formula is C11H15N3O2. The van der Waals surface area contributed by atoms with E-state index in [1.807, 2.05) is 11.0 Å². The summed E-state index contributed by atoms with van der Waals surface area (Å²) in [6, 6.07) is 1.59. The Labute approximate surface area is 93.3 Å². The van der Waals surface area contributed by atoms with E-state index in [-0.39, 0.29) is 17.5 Å². The summed E-state index contributed by atoms with van der Waals surface area (Å²) in [6.07, 6.45) is 2.45. The zero-order valence-electron chi connectivity index (χ0n) is 9.19. The third-order valence-corrected chi connectivity index (χ3v) is 3.15. The lowest BCUT2D eigenvalue weighted by atomic mass is 10.0. The molecule has 0 fully saturated rings. The van der Waals surface area contributed by atoms with Crippen LogP contribution in [0.3, 0.4) is 0 Å². The summed E-state index contributed by atoms with van der Waals surface area (Å²) in [7, 11) is 0. The van der Waals surface area contributed by atoms with Crippen LogP contribution in [-0.2, 0) is 17.8 Å². The lowest BCUT2D eigenvalue weighted by Crippen LogP contribution is -2.46. The molecule has 0 aliphatic carbocycles. The van der Waals surface area contributed by atoms with Gasteiger partial charge in [0.25, 0.3) is 5.56 Å². The van der Waals surface area contributed by atoms with Crippen LogP contribution >= 0.6 is 0 Å². The second-order valence-electron chi connectivity index (χ2n) is 4.11. The summed E-state index contributed by atoms with van der Waals surface area (Å²) < 4.78 is 0. The number of carbonyl (C=O) groups is 1. The van der Waals surface area contributed by atoms with Crippen LogP contribution in [0.2, 0.25) is 0 Å². The number of aromatic amines is 1. The molecule has 1 aromatic rings. The average molecular weight is 221 g/mol. The van der Waals surface area contributed by atoms with Gasteiger partial charge in [-0.05, 0) is 25.0 Å². The Morgan fingerprint density at radius 1 is 1.62 bits per heavy atom. The number of hydrogen-bond donors (Lipinski definition) is 2. The Hall–Kier alpha value is -1.62. The van der Waals surface area contributed by atoms with Crippen LogP contribution < -0.4 is 11.3 Å². The molecule has 1 unspecified atom stereocenters. The standard InChI is InChI=1S/C11H15N3O2/c1-7(10(12)15)14-5-3-8-2-4-13-11(16)9(8)6-14/h2,4,7H,3,5-6H2,1H3,(H2,12,15)(H,13,16). The number of amides is 1. The van der Waals surface area contributed by atoms with Crippen molar-refractivity contribution in [2.24, 2.45) is 5.73 Å². The molecule has 86 valence electrons. The SMILES string of the molecule is CC(C(N)=O)N1CCc2cc[nH]c(=O)c2C1. The van der Waals surface area contributed by atoms with Gasteiger partial charge in [0, 0.05) is 24.8 Å². The fraction of sp³-hybridized carbons (Fsp3) is 0.455. The minimum atomic E-state index is -0.351. The molecular weight excluding hydrogens is 206 g/mol. The highest BCUT2D eigenvalue weighted by Gasteiger charge is 2.24. The maximum absolute atomic E-state index is 11.6. The first kappa shape index (κ1) is 10.9. The van der Waals surface area contributed by atoms with Crippen LogP contribution in [-0.4, -0.2) is 28.4 Å². The highest BCUT2D eigenvalue weighted by Crippen LogP contribution is 2.16. The molecule has 5 heteroatoms. The molecule has 2 heterocycles. The van der Waals surface area contributed by atoms with Crippen LogP contribution in [0.1, 0.15) is 18.1 Å². The van der Waals surface area contributed by atoms with Crippen molar-refractivity contribution in [3.63, 3.8) is 0 Å². The van der Waals surface area contributed by atoms with Gasteiger partial charge < -0.3 is 10.7 Å². The molecule has 1 aromatic heterocycles. The van der Waals surface area contributed by atoms with Crippen molar-refractivity contribution in [1.82, 2.24) is 9.88 Å². The number of H-pyrrole nitrogens is 1. The monoisotopic (exact) mass is 221 g/mol. The molecule has 1 amide bonds. The van der Waals surface area contributed by atoms with E-state index in [4.69, 9.17) is 5.73 Å². The van der Waals surface area contributed by atoms with Gasteiger partial charge in [-0.3, -0.25) is 14.5 Å². The first-order valence-corrected chi connectivity index (χ1v) is 5.32. The quantitative estimate of drug-likeness (QED) is 0.713. The lowest BCUT2D eigenvalue weighted by Gasteiger charge is -2.31. The van der Waals surface area contributed by atoms with Gasteiger partial charge in [0.2, 0.25) is 5.91 Å². The number of hydrogen-bond acceptors (Lipinski definition) is 3. The Morgan fingerprint density at radius 2 is 2.38 bits per heavy atom. The van der Waals surface area contributed by atoms with Crippen LogP contribution in [0, 0.1) is 0 Å². The van der Waals surface area contributed by atoms with E-state index in [0.717, 1.165) is 24.1 Å². The Morgan fingerprint density at radius 3 is 3.06 bits per heavy atom. The van der Waals surface area contributed by atoms with Crippen molar-refractivity contribution in [2.45, 2.75) is 25.9 Å². The molecule has 0 radical (unpaired) electrons. The molecule has 0 spiro atoms. The summed E-state index contributed by atoms with van der Waals surface area (Å²) in [5.41, 5.74) is 7.01. The summed E-state index contributed by atoms with van der Waals surface area (Å²) >= 11 is 0. The smallest absolute Gasteiger partial charge is 0.252 e. The van der Waals surface area contributed by atoms with Gasteiger partial charge in [0.1, 0.15) is 0 Å². The number of carbonyl (C=O) groups excluding carboxylic acids is 1. The average Bonchev–Trinajstić information content (AvgIpc) is 2.28. The van der Waals surface area contributed by atoms with E-state index < -0.39 is 0 Å². The van der Waals surface area contributed by atoms with Crippen molar-refractivity contribution < 1.29 is 4.79 Å². The van der Waals surface area contributed by atoms with Crippen LogP contribution in [0.5, 0.6) is 0 Å². The normalized spacial score (nSPS) is 17.8. The number of primary amides is 1. The molecule has 0 bridgehead atoms. The molecule has 5 nitrogen and oxygen atoms in total. The van der Waals surface area contributed by atoms with E-state index in [0.29, 0.717) is 6.54 Å². The van der Waals surface area contributed by atoms with E-state index in [2.05, 4.69) is 4.98 Å². The number of aromatic nitrogens is 1. The maximum Gasteiger partial charge on any atom is 0.252 e. The third kappa shape index (κ3) is 1.86. The van der Waals surface area contributed by atoms with Gasteiger partial charge in [-0.2, -0.15) is 0 Å². The van der Waals surface area contributed by atoms with Crippen LogP contribution in [0.4, 0.5) is 0 Å². The largest absolute Gasteiger partial charge is 0.368 e. The molecule has 1 aliphatic rings. The predicted molar refractivity (Wildman–Crippen MR) is 59.8 cm³/mol. The van der Waals surface area contributed by atoms with Gasteiger partial charge >= 0.3 is 0 Å². The van der Waals surface area contributed by atoms with Gasteiger partial charge in [0.15, 0.2) is 0 Å². The maximum atomic E-state index is 11.6. The zero-order valence-corrected chi connectivity index (χ0v) is 9.19. The fourth-order valence-electron chi connectivity index (χ4n) is 2.02. The molecule has 3 N–H and O–H groups in total. The number of pyridine rings is 1. The summed E-state index contributed by atoms with van der Waals surface area (Å²) in [5, 5.41) is 0. The first-order chi connectivity index (χ1) is 7.59. The molecule has 1 aliphatic heterocycles. The van der Waals surface area contributed by atoms with Crippen molar-refractivity contribution in [1.29, 1.82) is 0 Å².